The highest BCUT2D eigenvalue weighted by Crippen LogP contribution is 2.11. The lowest BCUT2D eigenvalue weighted by atomic mass is 10.1. The molecule has 1 aromatic carbocycles. The summed E-state index contributed by atoms with van der Waals surface area (Å²) in [6.07, 6.45) is 6.04. The van der Waals surface area contributed by atoms with Crippen molar-refractivity contribution in [1.82, 2.24) is 0 Å². The van der Waals surface area contributed by atoms with Crippen molar-refractivity contribution >= 4 is 0 Å². The number of hydrogen-bond acceptors (Lipinski definition) is 2. The van der Waals surface area contributed by atoms with Gasteiger partial charge in [0.1, 0.15) is 11.9 Å². The van der Waals surface area contributed by atoms with Gasteiger partial charge in [-0.25, -0.2) is 4.39 Å². The van der Waals surface area contributed by atoms with Crippen LogP contribution in [0.15, 0.2) is 18.2 Å². The van der Waals surface area contributed by atoms with E-state index in [1.165, 1.54) is 31.7 Å². The molecule has 3 heteroatoms. The van der Waals surface area contributed by atoms with Gasteiger partial charge >= 0.3 is 0 Å². The Bertz CT molecular complexity index is 398. The summed E-state index contributed by atoms with van der Waals surface area (Å²) in [6, 6.07) is 6.36. The summed E-state index contributed by atoms with van der Waals surface area (Å²) < 4.78 is 18.6. The van der Waals surface area contributed by atoms with E-state index < -0.39 is 5.82 Å². The third kappa shape index (κ3) is 5.29. The van der Waals surface area contributed by atoms with Crippen LogP contribution in [0.1, 0.15) is 50.2 Å². The third-order valence-electron chi connectivity index (χ3n) is 2.81. The molecule has 0 saturated carbocycles. The molecule has 0 heterocycles. The van der Waals surface area contributed by atoms with Crippen LogP contribution in [0.2, 0.25) is 0 Å². The van der Waals surface area contributed by atoms with Crippen molar-refractivity contribution in [3.8, 4) is 6.07 Å². The smallest absolute Gasteiger partial charge is 0.140 e. The third-order valence-corrected chi connectivity index (χ3v) is 2.81. The van der Waals surface area contributed by atoms with Crippen molar-refractivity contribution < 1.29 is 9.13 Å². The standard InChI is InChI=1S/C15H20FNO/c1-2-3-4-5-6-9-18-12-13-7-8-15(16)14(10-13)11-17/h7-8,10H,2-6,9,12H2,1H3. The molecule has 18 heavy (non-hydrogen) atoms. The van der Waals surface area contributed by atoms with Crippen molar-refractivity contribution in [3.63, 3.8) is 0 Å². The second kappa shape index (κ2) is 8.66. The van der Waals surface area contributed by atoms with E-state index in [9.17, 15) is 4.39 Å². The molecule has 0 aliphatic rings. The van der Waals surface area contributed by atoms with Gasteiger partial charge in [0.15, 0.2) is 0 Å². The monoisotopic (exact) mass is 249 g/mol. The van der Waals surface area contributed by atoms with Gasteiger partial charge in [-0.15, -0.1) is 0 Å². The van der Waals surface area contributed by atoms with Gasteiger partial charge in [-0.3, -0.25) is 0 Å². The minimum atomic E-state index is -0.471. The molecule has 0 radical (unpaired) electrons. The lowest BCUT2D eigenvalue weighted by Gasteiger charge is -2.05. The number of nitriles is 1. The van der Waals surface area contributed by atoms with Crippen LogP contribution >= 0.6 is 0 Å². The number of ether oxygens (including phenoxy) is 1. The topological polar surface area (TPSA) is 33.0 Å². The lowest BCUT2D eigenvalue weighted by Crippen LogP contribution is -1.97. The van der Waals surface area contributed by atoms with E-state index in [-0.39, 0.29) is 5.56 Å². The van der Waals surface area contributed by atoms with Crippen molar-refractivity contribution in [2.75, 3.05) is 6.61 Å². The molecule has 0 amide bonds. The van der Waals surface area contributed by atoms with Gasteiger partial charge in [0.25, 0.3) is 0 Å². The Hall–Kier alpha value is -1.40. The molecule has 0 aliphatic carbocycles. The fraction of sp³-hybridized carbons (Fsp3) is 0.533. The Labute approximate surface area is 108 Å². The van der Waals surface area contributed by atoms with Gasteiger partial charge in [0.2, 0.25) is 0 Å². The summed E-state index contributed by atoms with van der Waals surface area (Å²) >= 11 is 0. The van der Waals surface area contributed by atoms with Crippen LogP contribution in [0.25, 0.3) is 0 Å². The molecule has 0 aliphatic heterocycles. The van der Waals surface area contributed by atoms with Gasteiger partial charge in [0.05, 0.1) is 12.2 Å². The number of nitrogens with zero attached hydrogens (tertiary/aromatic N) is 1. The second-order valence-corrected chi connectivity index (χ2v) is 4.39. The first kappa shape index (κ1) is 14.7. The molecule has 0 aromatic heterocycles. The summed E-state index contributed by atoms with van der Waals surface area (Å²) in [4.78, 5) is 0. The first-order valence-corrected chi connectivity index (χ1v) is 6.54. The molecule has 98 valence electrons. The van der Waals surface area contributed by atoms with E-state index in [0.29, 0.717) is 6.61 Å². The highest BCUT2D eigenvalue weighted by molar-refractivity contribution is 5.34. The molecule has 1 rings (SSSR count). The van der Waals surface area contributed by atoms with E-state index in [4.69, 9.17) is 10.00 Å². The number of rotatable bonds is 8. The van der Waals surface area contributed by atoms with Crippen LogP contribution in [0.3, 0.4) is 0 Å². The highest BCUT2D eigenvalue weighted by Gasteiger charge is 2.02. The Balaban J connectivity index is 2.22. The first-order chi connectivity index (χ1) is 8.77. The van der Waals surface area contributed by atoms with E-state index in [2.05, 4.69) is 6.92 Å². The van der Waals surface area contributed by atoms with Crippen LogP contribution in [0.4, 0.5) is 4.39 Å². The molecule has 0 atom stereocenters. The molecule has 0 fully saturated rings. The van der Waals surface area contributed by atoms with Gasteiger partial charge in [-0.1, -0.05) is 38.7 Å². The summed E-state index contributed by atoms with van der Waals surface area (Å²) in [5.41, 5.74) is 0.931. The zero-order chi connectivity index (χ0) is 13.2. The van der Waals surface area contributed by atoms with Gasteiger partial charge in [-0.2, -0.15) is 5.26 Å². The Morgan fingerprint density at radius 3 is 2.72 bits per heavy atom. The molecular formula is C15H20FNO. The minimum absolute atomic E-state index is 0.0824. The predicted molar refractivity (Wildman–Crippen MR) is 69.5 cm³/mol. The summed E-state index contributed by atoms with van der Waals surface area (Å²) in [5.74, 6) is -0.471. The quantitative estimate of drug-likeness (QED) is 0.647. The maximum Gasteiger partial charge on any atom is 0.140 e. The molecule has 2 nitrogen and oxygen atoms in total. The molecule has 0 N–H and O–H groups in total. The summed E-state index contributed by atoms with van der Waals surface area (Å²) in [7, 11) is 0. The molecule has 1 aromatic rings. The van der Waals surface area contributed by atoms with Crippen LogP contribution in [0, 0.1) is 17.1 Å². The van der Waals surface area contributed by atoms with Crippen LogP contribution in [-0.2, 0) is 11.3 Å². The maximum atomic E-state index is 13.1. The van der Waals surface area contributed by atoms with Gasteiger partial charge in [0, 0.05) is 6.61 Å². The zero-order valence-electron chi connectivity index (χ0n) is 10.9. The van der Waals surface area contributed by atoms with Crippen molar-refractivity contribution in [3.05, 3.63) is 35.1 Å². The van der Waals surface area contributed by atoms with Crippen LogP contribution in [0.5, 0.6) is 0 Å². The van der Waals surface area contributed by atoms with Crippen LogP contribution < -0.4 is 0 Å². The van der Waals surface area contributed by atoms with E-state index in [1.54, 1.807) is 12.1 Å². The lowest BCUT2D eigenvalue weighted by molar-refractivity contribution is 0.116. The second-order valence-electron chi connectivity index (χ2n) is 4.39. The summed E-state index contributed by atoms with van der Waals surface area (Å²) in [5, 5.41) is 8.70. The Morgan fingerprint density at radius 1 is 1.22 bits per heavy atom. The maximum absolute atomic E-state index is 13.1. The number of halogens is 1. The molecule has 0 bridgehead atoms. The molecule has 0 unspecified atom stereocenters. The Kier molecular flexibility index (Phi) is 7.05. The number of unbranched alkanes of at least 4 members (excludes halogenated alkanes) is 4. The van der Waals surface area contributed by atoms with Crippen molar-refractivity contribution in [2.45, 2.75) is 45.6 Å². The molecule has 0 saturated heterocycles. The average molecular weight is 249 g/mol. The zero-order valence-corrected chi connectivity index (χ0v) is 10.9. The highest BCUT2D eigenvalue weighted by atomic mass is 19.1. The normalized spacial score (nSPS) is 10.3. The van der Waals surface area contributed by atoms with Gasteiger partial charge in [-0.05, 0) is 24.1 Å². The number of benzene rings is 1. The SMILES string of the molecule is CCCCCCCOCc1ccc(F)c(C#N)c1. The first-order valence-electron chi connectivity index (χ1n) is 6.54. The fourth-order valence-electron chi connectivity index (χ4n) is 1.75. The largest absolute Gasteiger partial charge is 0.377 e. The molecular weight excluding hydrogens is 229 g/mol. The summed E-state index contributed by atoms with van der Waals surface area (Å²) in [6.45, 7) is 3.36. The Morgan fingerprint density at radius 2 is 2.00 bits per heavy atom. The fourth-order valence-corrected chi connectivity index (χ4v) is 1.75. The predicted octanol–water partition coefficient (Wildman–Crippen LogP) is 4.18. The van der Waals surface area contributed by atoms with E-state index in [0.717, 1.165) is 18.6 Å². The van der Waals surface area contributed by atoms with Gasteiger partial charge < -0.3 is 4.74 Å². The van der Waals surface area contributed by atoms with Crippen LogP contribution in [-0.4, -0.2) is 6.61 Å². The molecule has 0 spiro atoms. The van der Waals surface area contributed by atoms with E-state index >= 15 is 0 Å². The van der Waals surface area contributed by atoms with Crippen molar-refractivity contribution in [1.29, 1.82) is 5.26 Å². The minimum Gasteiger partial charge on any atom is -0.377 e. The average Bonchev–Trinajstić information content (AvgIpc) is 2.39. The van der Waals surface area contributed by atoms with Crippen molar-refractivity contribution in [2.24, 2.45) is 0 Å². The van der Waals surface area contributed by atoms with E-state index in [1.807, 2.05) is 6.07 Å². The number of hydrogen-bond donors (Lipinski definition) is 0.